The molecule has 0 radical (unpaired) electrons. The molecule has 0 aliphatic carbocycles. The van der Waals surface area contributed by atoms with Gasteiger partial charge in [-0.05, 0) is 37.1 Å². The second-order valence-electron chi connectivity index (χ2n) is 5.50. The van der Waals surface area contributed by atoms with Crippen molar-refractivity contribution in [3.8, 4) is 0 Å². The first-order valence-electron chi connectivity index (χ1n) is 6.28. The standard InChI is InChI=1S/C16H17NO/c1-11-8-9-12-6-4-5-7-13(12)14(11)15-17-16(2,3)10-18-15/h4-9H,10H2,1-3H3. The minimum absolute atomic E-state index is 0.112. The number of aliphatic imine (C=N–C) groups is 1. The third kappa shape index (κ3) is 1.78. The molecule has 0 atom stereocenters. The summed E-state index contributed by atoms with van der Waals surface area (Å²) in [7, 11) is 0. The lowest BCUT2D eigenvalue weighted by Crippen LogP contribution is -2.17. The fraction of sp³-hybridized carbons (Fsp3) is 0.312. The van der Waals surface area contributed by atoms with Gasteiger partial charge in [0, 0.05) is 5.56 Å². The average Bonchev–Trinajstić information content (AvgIpc) is 2.69. The zero-order chi connectivity index (χ0) is 12.8. The van der Waals surface area contributed by atoms with Crippen LogP contribution in [0.15, 0.2) is 41.4 Å². The van der Waals surface area contributed by atoms with E-state index in [2.05, 4.69) is 57.2 Å². The number of aryl methyl sites for hydroxylation is 1. The summed E-state index contributed by atoms with van der Waals surface area (Å²) in [6.07, 6.45) is 0. The van der Waals surface area contributed by atoms with E-state index in [9.17, 15) is 0 Å². The summed E-state index contributed by atoms with van der Waals surface area (Å²) >= 11 is 0. The molecule has 2 aromatic rings. The molecule has 2 aromatic carbocycles. The van der Waals surface area contributed by atoms with Crippen LogP contribution in [-0.4, -0.2) is 18.0 Å². The molecular weight excluding hydrogens is 222 g/mol. The molecule has 0 bridgehead atoms. The van der Waals surface area contributed by atoms with Crippen molar-refractivity contribution in [3.05, 3.63) is 47.5 Å². The van der Waals surface area contributed by atoms with Crippen molar-refractivity contribution >= 4 is 16.7 Å². The minimum Gasteiger partial charge on any atom is -0.475 e. The van der Waals surface area contributed by atoms with E-state index in [1.54, 1.807) is 0 Å². The maximum absolute atomic E-state index is 5.79. The van der Waals surface area contributed by atoms with E-state index in [-0.39, 0.29) is 5.54 Å². The van der Waals surface area contributed by atoms with Crippen molar-refractivity contribution in [2.24, 2.45) is 4.99 Å². The van der Waals surface area contributed by atoms with Crippen LogP contribution in [0, 0.1) is 6.92 Å². The van der Waals surface area contributed by atoms with E-state index in [0.717, 1.165) is 11.5 Å². The maximum atomic E-state index is 5.79. The normalized spacial score (nSPS) is 17.6. The molecule has 0 amide bonds. The number of fused-ring (bicyclic) bond motifs is 1. The van der Waals surface area contributed by atoms with E-state index in [0.29, 0.717) is 6.61 Å². The Bertz CT molecular complexity index is 641. The molecule has 1 aliphatic heterocycles. The number of benzene rings is 2. The molecule has 2 nitrogen and oxygen atoms in total. The van der Waals surface area contributed by atoms with Crippen LogP contribution < -0.4 is 0 Å². The first-order chi connectivity index (χ1) is 8.57. The van der Waals surface area contributed by atoms with E-state index in [4.69, 9.17) is 9.73 Å². The Morgan fingerprint density at radius 1 is 1.11 bits per heavy atom. The van der Waals surface area contributed by atoms with Gasteiger partial charge in [0.1, 0.15) is 6.61 Å². The average molecular weight is 239 g/mol. The Morgan fingerprint density at radius 2 is 1.89 bits per heavy atom. The van der Waals surface area contributed by atoms with Crippen molar-refractivity contribution in [2.75, 3.05) is 6.61 Å². The van der Waals surface area contributed by atoms with E-state index in [1.807, 2.05) is 0 Å². The lowest BCUT2D eigenvalue weighted by atomic mass is 9.99. The number of ether oxygens (including phenoxy) is 1. The summed E-state index contributed by atoms with van der Waals surface area (Å²) in [5.41, 5.74) is 2.24. The van der Waals surface area contributed by atoms with E-state index in [1.165, 1.54) is 16.3 Å². The predicted octanol–water partition coefficient (Wildman–Crippen LogP) is 3.70. The topological polar surface area (TPSA) is 21.6 Å². The fourth-order valence-electron chi connectivity index (χ4n) is 2.38. The lowest BCUT2D eigenvalue weighted by Gasteiger charge is -2.09. The molecule has 0 fully saturated rings. The van der Waals surface area contributed by atoms with Crippen LogP contribution in [0.2, 0.25) is 0 Å². The zero-order valence-electron chi connectivity index (χ0n) is 11.0. The number of nitrogens with zero attached hydrogens (tertiary/aromatic N) is 1. The Balaban J connectivity index is 2.26. The van der Waals surface area contributed by atoms with Crippen LogP contribution in [-0.2, 0) is 4.74 Å². The molecule has 1 aliphatic rings. The highest BCUT2D eigenvalue weighted by Crippen LogP contribution is 2.28. The summed E-state index contributed by atoms with van der Waals surface area (Å²) in [6.45, 7) is 6.96. The van der Waals surface area contributed by atoms with Crippen molar-refractivity contribution in [1.82, 2.24) is 0 Å². The number of hydrogen-bond donors (Lipinski definition) is 0. The van der Waals surface area contributed by atoms with Gasteiger partial charge in [-0.25, -0.2) is 4.99 Å². The number of hydrogen-bond acceptors (Lipinski definition) is 2. The van der Waals surface area contributed by atoms with Crippen molar-refractivity contribution in [2.45, 2.75) is 26.3 Å². The van der Waals surface area contributed by atoms with Crippen molar-refractivity contribution in [3.63, 3.8) is 0 Å². The first kappa shape index (κ1) is 11.3. The summed E-state index contributed by atoms with van der Waals surface area (Å²) in [5, 5.41) is 2.45. The molecule has 3 rings (SSSR count). The minimum atomic E-state index is -0.112. The van der Waals surface area contributed by atoms with Gasteiger partial charge in [-0.3, -0.25) is 0 Å². The summed E-state index contributed by atoms with van der Waals surface area (Å²) in [5.74, 6) is 0.786. The quantitative estimate of drug-likeness (QED) is 0.743. The van der Waals surface area contributed by atoms with Crippen LogP contribution in [0.4, 0.5) is 0 Å². The molecule has 0 saturated heterocycles. The summed E-state index contributed by atoms with van der Waals surface area (Å²) in [4.78, 5) is 4.70. The molecule has 0 N–H and O–H groups in total. The number of rotatable bonds is 1. The fourth-order valence-corrected chi connectivity index (χ4v) is 2.38. The highest BCUT2D eigenvalue weighted by Gasteiger charge is 2.28. The summed E-state index contributed by atoms with van der Waals surface area (Å²) < 4.78 is 5.79. The molecule has 1 heterocycles. The van der Waals surface area contributed by atoms with Crippen LogP contribution in [0.5, 0.6) is 0 Å². The van der Waals surface area contributed by atoms with Crippen molar-refractivity contribution in [1.29, 1.82) is 0 Å². The largest absolute Gasteiger partial charge is 0.475 e. The molecule has 0 aromatic heterocycles. The molecular formula is C16H17NO. The monoisotopic (exact) mass is 239 g/mol. The second-order valence-corrected chi connectivity index (χ2v) is 5.50. The molecule has 0 unspecified atom stereocenters. The molecule has 0 saturated carbocycles. The molecule has 92 valence electrons. The van der Waals surface area contributed by atoms with Gasteiger partial charge < -0.3 is 4.74 Å². The highest BCUT2D eigenvalue weighted by molar-refractivity contribution is 6.08. The van der Waals surface area contributed by atoms with Crippen LogP contribution >= 0.6 is 0 Å². The van der Waals surface area contributed by atoms with Gasteiger partial charge in [0.15, 0.2) is 0 Å². The van der Waals surface area contributed by atoms with Gasteiger partial charge >= 0.3 is 0 Å². The van der Waals surface area contributed by atoms with Gasteiger partial charge in [0.05, 0.1) is 5.54 Å². The molecule has 18 heavy (non-hydrogen) atoms. The zero-order valence-corrected chi connectivity index (χ0v) is 11.0. The smallest absolute Gasteiger partial charge is 0.217 e. The Morgan fingerprint density at radius 3 is 2.61 bits per heavy atom. The molecule has 0 spiro atoms. The van der Waals surface area contributed by atoms with Crippen LogP contribution in [0.25, 0.3) is 10.8 Å². The SMILES string of the molecule is Cc1ccc2ccccc2c1C1=NC(C)(C)CO1. The van der Waals surface area contributed by atoms with Gasteiger partial charge in [-0.2, -0.15) is 0 Å². The van der Waals surface area contributed by atoms with Gasteiger partial charge in [-0.15, -0.1) is 0 Å². The van der Waals surface area contributed by atoms with Gasteiger partial charge in [-0.1, -0.05) is 36.4 Å². The Hall–Kier alpha value is -1.83. The van der Waals surface area contributed by atoms with E-state index < -0.39 is 0 Å². The molecule has 2 heteroatoms. The Labute approximate surface area is 107 Å². The third-order valence-electron chi connectivity index (χ3n) is 3.32. The third-order valence-corrected chi connectivity index (χ3v) is 3.32. The van der Waals surface area contributed by atoms with Crippen LogP contribution in [0.1, 0.15) is 25.0 Å². The predicted molar refractivity (Wildman–Crippen MR) is 75.3 cm³/mol. The first-order valence-corrected chi connectivity index (χ1v) is 6.28. The van der Waals surface area contributed by atoms with Gasteiger partial charge in [0.2, 0.25) is 5.90 Å². The van der Waals surface area contributed by atoms with Crippen molar-refractivity contribution < 1.29 is 4.74 Å². The van der Waals surface area contributed by atoms with Gasteiger partial charge in [0.25, 0.3) is 0 Å². The maximum Gasteiger partial charge on any atom is 0.217 e. The van der Waals surface area contributed by atoms with E-state index >= 15 is 0 Å². The Kier molecular flexibility index (Phi) is 2.40. The lowest BCUT2D eigenvalue weighted by molar-refractivity contribution is 0.279. The van der Waals surface area contributed by atoms with Crippen LogP contribution in [0.3, 0.4) is 0 Å². The highest BCUT2D eigenvalue weighted by atomic mass is 16.5. The second kappa shape index (κ2) is 3.84. The summed E-state index contributed by atoms with van der Waals surface area (Å²) in [6, 6.07) is 12.7.